The minimum absolute atomic E-state index is 0.105. The fourth-order valence-corrected chi connectivity index (χ4v) is 5.84. The number of hydrogen-bond donors (Lipinski definition) is 1. The molecular formula is C28H51N5O4PS+. The van der Waals surface area contributed by atoms with E-state index in [0.717, 1.165) is 11.5 Å². The number of rotatable bonds is 26. The van der Waals surface area contributed by atoms with Gasteiger partial charge in [-0.25, -0.2) is 15.0 Å². The summed E-state index contributed by atoms with van der Waals surface area (Å²) in [7, 11) is -2.18. The number of imidazole rings is 1. The van der Waals surface area contributed by atoms with Crippen LogP contribution in [0.2, 0.25) is 0 Å². The number of nitrogen functional groups attached to an aromatic ring is 1. The molecular weight excluding hydrogens is 533 g/mol. The van der Waals surface area contributed by atoms with Crippen LogP contribution in [0.5, 0.6) is 0 Å². The summed E-state index contributed by atoms with van der Waals surface area (Å²) >= 11 is 1.85. The summed E-state index contributed by atoms with van der Waals surface area (Å²) in [5.74, 6) is 2.29. The van der Waals surface area contributed by atoms with Crippen molar-refractivity contribution >= 4 is 37.0 Å². The standard InChI is InChI=1S/C28H51N5O4PS/c1-3-4-5-6-7-8-9-10-11-12-13-14-15-16-17-19-39-20-18-36-38(34)37-24-35-25(2)21-33-23-32-26-27(29)30-22-31-28(26)33/h22-23,25H,3-21,24H2,1-2H3,(H2,29,30,31)/q+1/t25-/m1/s1. The van der Waals surface area contributed by atoms with Crippen LogP contribution in [0.25, 0.3) is 11.2 Å². The Balaban J connectivity index is 1.32. The Morgan fingerprint density at radius 2 is 1.49 bits per heavy atom. The Morgan fingerprint density at radius 1 is 0.872 bits per heavy atom. The number of aromatic nitrogens is 4. The summed E-state index contributed by atoms with van der Waals surface area (Å²) in [5.41, 5.74) is 7.03. The van der Waals surface area contributed by atoms with Gasteiger partial charge in [0, 0.05) is 10.3 Å². The van der Waals surface area contributed by atoms with Crippen molar-refractivity contribution in [1.29, 1.82) is 0 Å². The van der Waals surface area contributed by atoms with Gasteiger partial charge >= 0.3 is 8.25 Å². The molecule has 0 fully saturated rings. The third-order valence-corrected chi connectivity index (χ3v) is 8.45. The van der Waals surface area contributed by atoms with Gasteiger partial charge in [-0.1, -0.05) is 101 Å². The molecule has 9 nitrogen and oxygen atoms in total. The summed E-state index contributed by atoms with van der Waals surface area (Å²) in [6.07, 6.45) is 23.6. The highest BCUT2D eigenvalue weighted by Gasteiger charge is 2.21. The number of unbranched alkanes of at least 4 members (excludes halogenated alkanes) is 14. The van der Waals surface area contributed by atoms with Crippen LogP contribution in [0.4, 0.5) is 5.82 Å². The van der Waals surface area contributed by atoms with Crippen molar-refractivity contribution in [3.63, 3.8) is 0 Å². The Hall–Kier alpha value is -1.32. The minimum atomic E-state index is -2.18. The van der Waals surface area contributed by atoms with E-state index < -0.39 is 8.25 Å². The van der Waals surface area contributed by atoms with E-state index in [4.69, 9.17) is 19.5 Å². The molecule has 0 radical (unpaired) electrons. The van der Waals surface area contributed by atoms with E-state index in [1.54, 1.807) is 6.33 Å². The Morgan fingerprint density at radius 3 is 2.13 bits per heavy atom. The van der Waals surface area contributed by atoms with Gasteiger partial charge in [0.1, 0.15) is 18.5 Å². The largest absolute Gasteiger partial charge is 0.699 e. The molecule has 0 saturated heterocycles. The molecule has 0 bridgehead atoms. The van der Waals surface area contributed by atoms with E-state index in [2.05, 4.69) is 21.9 Å². The molecule has 0 amide bonds. The summed E-state index contributed by atoms with van der Waals surface area (Å²) in [6.45, 7) is 4.98. The van der Waals surface area contributed by atoms with Crippen LogP contribution in [0.1, 0.15) is 110 Å². The molecule has 0 saturated carbocycles. The molecule has 2 rings (SSSR count). The lowest BCUT2D eigenvalue weighted by atomic mass is 10.0. The van der Waals surface area contributed by atoms with E-state index in [-0.39, 0.29) is 12.9 Å². The second-order valence-electron chi connectivity index (χ2n) is 10.2. The summed E-state index contributed by atoms with van der Waals surface area (Å²) < 4.78 is 29.8. The van der Waals surface area contributed by atoms with Crippen molar-refractivity contribution in [2.75, 3.05) is 30.6 Å². The van der Waals surface area contributed by atoms with Crippen molar-refractivity contribution in [2.45, 2.75) is 123 Å². The lowest BCUT2D eigenvalue weighted by Crippen LogP contribution is -2.17. The molecule has 222 valence electrons. The van der Waals surface area contributed by atoms with Crippen molar-refractivity contribution in [3.8, 4) is 0 Å². The van der Waals surface area contributed by atoms with Gasteiger partial charge in [0.2, 0.25) is 6.79 Å². The zero-order chi connectivity index (χ0) is 28.0. The van der Waals surface area contributed by atoms with Gasteiger partial charge in [0.15, 0.2) is 11.5 Å². The highest BCUT2D eigenvalue weighted by atomic mass is 32.2. The summed E-state index contributed by atoms with van der Waals surface area (Å²) in [4.78, 5) is 12.4. The van der Waals surface area contributed by atoms with E-state index >= 15 is 0 Å². The first-order valence-corrected chi connectivity index (χ1v) is 17.2. The van der Waals surface area contributed by atoms with Gasteiger partial charge in [0.05, 0.1) is 19.0 Å². The molecule has 39 heavy (non-hydrogen) atoms. The van der Waals surface area contributed by atoms with Crippen molar-refractivity contribution < 1.29 is 18.3 Å². The van der Waals surface area contributed by atoms with Crippen LogP contribution in [0.3, 0.4) is 0 Å². The lowest BCUT2D eigenvalue weighted by Gasteiger charge is -2.11. The van der Waals surface area contributed by atoms with Gasteiger partial charge in [0.25, 0.3) is 0 Å². The van der Waals surface area contributed by atoms with Gasteiger partial charge in [-0.05, 0) is 19.1 Å². The van der Waals surface area contributed by atoms with Crippen LogP contribution >= 0.6 is 20.0 Å². The van der Waals surface area contributed by atoms with Crippen LogP contribution in [0, 0.1) is 0 Å². The maximum Gasteiger partial charge on any atom is 0.699 e. The van der Waals surface area contributed by atoms with Gasteiger partial charge < -0.3 is 15.0 Å². The first kappa shape index (κ1) is 33.9. The molecule has 0 aliphatic heterocycles. The third kappa shape index (κ3) is 15.9. The highest BCUT2D eigenvalue weighted by Crippen LogP contribution is 2.24. The molecule has 2 heterocycles. The first-order valence-electron chi connectivity index (χ1n) is 15.0. The molecule has 2 aromatic rings. The summed E-state index contributed by atoms with van der Waals surface area (Å²) in [6, 6.07) is 0. The second-order valence-corrected chi connectivity index (χ2v) is 12.4. The van der Waals surface area contributed by atoms with Gasteiger partial charge in [-0.3, -0.25) is 0 Å². The Labute approximate surface area is 240 Å². The fourth-order valence-electron chi connectivity index (χ4n) is 4.44. The Kier molecular flexibility index (Phi) is 19.4. The number of hydrogen-bond acceptors (Lipinski definition) is 9. The zero-order valence-electron chi connectivity index (χ0n) is 24.2. The molecule has 0 aromatic carbocycles. The maximum absolute atomic E-state index is 11.9. The summed E-state index contributed by atoms with van der Waals surface area (Å²) in [5, 5.41) is 0. The van der Waals surface area contributed by atoms with E-state index in [1.165, 1.54) is 103 Å². The Bertz CT molecular complexity index is 904. The predicted octanol–water partition coefficient (Wildman–Crippen LogP) is 8.07. The minimum Gasteiger partial charge on any atom is -0.382 e. The van der Waals surface area contributed by atoms with E-state index in [0.29, 0.717) is 30.1 Å². The number of anilines is 1. The van der Waals surface area contributed by atoms with Crippen molar-refractivity contribution in [1.82, 2.24) is 19.5 Å². The van der Waals surface area contributed by atoms with Crippen LogP contribution in [-0.4, -0.2) is 50.5 Å². The van der Waals surface area contributed by atoms with Crippen LogP contribution in [0.15, 0.2) is 12.7 Å². The zero-order valence-corrected chi connectivity index (χ0v) is 25.9. The molecule has 2 N–H and O–H groups in total. The van der Waals surface area contributed by atoms with Crippen LogP contribution in [-0.2, 0) is 24.9 Å². The lowest BCUT2D eigenvalue weighted by molar-refractivity contribution is -0.0364. The number of nitrogens with zero attached hydrogens (tertiary/aromatic N) is 4. The van der Waals surface area contributed by atoms with Crippen molar-refractivity contribution in [3.05, 3.63) is 12.7 Å². The van der Waals surface area contributed by atoms with Crippen LogP contribution < -0.4 is 5.73 Å². The van der Waals surface area contributed by atoms with E-state index in [9.17, 15) is 4.57 Å². The van der Waals surface area contributed by atoms with Gasteiger partial charge in [-0.15, -0.1) is 4.52 Å². The molecule has 2 aromatic heterocycles. The third-order valence-electron chi connectivity index (χ3n) is 6.71. The number of nitrogens with two attached hydrogens (primary N) is 1. The maximum atomic E-state index is 11.9. The SMILES string of the molecule is CCCCCCCCCCCCCCCCCSCCO[P+](=O)OCO[C@H](C)Cn1cnc2c(N)ncnc21. The molecule has 2 atom stereocenters. The van der Waals surface area contributed by atoms with Gasteiger partial charge in [-0.2, -0.15) is 11.8 Å². The average molecular weight is 585 g/mol. The number of thioether (sulfide) groups is 1. The predicted molar refractivity (Wildman–Crippen MR) is 162 cm³/mol. The molecule has 0 aliphatic carbocycles. The van der Waals surface area contributed by atoms with Crippen molar-refractivity contribution in [2.24, 2.45) is 0 Å². The monoisotopic (exact) mass is 584 g/mol. The molecule has 0 aliphatic rings. The molecule has 0 spiro atoms. The quantitative estimate of drug-likeness (QED) is 0.0666. The first-order chi connectivity index (χ1) is 19.1. The fraction of sp³-hybridized carbons (Fsp3) is 0.821. The molecule has 1 unspecified atom stereocenters. The average Bonchev–Trinajstić information content (AvgIpc) is 3.33. The number of ether oxygens (including phenoxy) is 1. The highest BCUT2D eigenvalue weighted by molar-refractivity contribution is 7.99. The smallest absolute Gasteiger partial charge is 0.382 e. The normalized spacial score (nSPS) is 12.8. The van der Waals surface area contributed by atoms with E-state index in [1.807, 2.05) is 23.3 Å². The number of fused-ring (bicyclic) bond motifs is 1. The second kappa shape index (κ2) is 22.4. The topological polar surface area (TPSA) is 114 Å². The molecule has 11 heteroatoms.